The molecular formula is C20H19ClN2O3S. The van der Waals surface area contributed by atoms with Crippen LogP contribution in [0.1, 0.15) is 12.5 Å². The molecule has 1 amide bonds. The topological polar surface area (TPSA) is 51.1 Å². The quantitative estimate of drug-likeness (QED) is 0.662. The van der Waals surface area contributed by atoms with Crippen LogP contribution < -0.4 is 9.47 Å². The molecule has 0 aliphatic carbocycles. The summed E-state index contributed by atoms with van der Waals surface area (Å²) in [6.07, 6.45) is 1.82. The summed E-state index contributed by atoms with van der Waals surface area (Å²) >= 11 is 7.53. The first kappa shape index (κ1) is 19.3. The van der Waals surface area contributed by atoms with Crippen LogP contribution in [0.5, 0.6) is 11.5 Å². The van der Waals surface area contributed by atoms with Crippen LogP contribution in [0.25, 0.3) is 6.08 Å². The number of methoxy groups -OCH3 is 2. The molecule has 1 saturated heterocycles. The molecule has 27 heavy (non-hydrogen) atoms. The van der Waals surface area contributed by atoms with Gasteiger partial charge in [0.2, 0.25) is 0 Å². The van der Waals surface area contributed by atoms with Crippen LogP contribution >= 0.6 is 23.4 Å². The van der Waals surface area contributed by atoms with Crippen molar-refractivity contribution in [1.82, 2.24) is 4.90 Å². The van der Waals surface area contributed by atoms with Gasteiger partial charge in [0, 0.05) is 6.54 Å². The number of rotatable bonds is 5. The fourth-order valence-electron chi connectivity index (χ4n) is 2.56. The van der Waals surface area contributed by atoms with Crippen molar-refractivity contribution in [3.05, 3.63) is 58.0 Å². The molecule has 0 saturated carbocycles. The highest BCUT2D eigenvalue weighted by Gasteiger charge is 2.32. The number of carbonyl (C=O) groups is 1. The number of amidine groups is 1. The predicted octanol–water partition coefficient (Wildman–Crippen LogP) is 4.98. The molecule has 0 bridgehead atoms. The maximum absolute atomic E-state index is 12.7. The summed E-state index contributed by atoms with van der Waals surface area (Å²) in [7, 11) is 3.18. The maximum Gasteiger partial charge on any atom is 0.266 e. The van der Waals surface area contributed by atoms with Crippen molar-refractivity contribution in [2.45, 2.75) is 6.92 Å². The minimum absolute atomic E-state index is 0.0679. The second kappa shape index (κ2) is 8.50. The first-order valence-corrected chi connectivity index (χ1v) is 9.53. The Kier molecular flexibility index (Phi) is 6.08. The average molecular weight is 403 g/mol. The number of amides is 1. The van der Waals surface area contributed by atoms with Crippen molar-refractivity contribution in [2.75, 3.05) is 20.8 Å². The van der Waals surface area contributed by atoms with Gasteiger partial charge >= 0.3 is 0 Å². The van der Waals surface area contributed by atoms with Gasteiger partial charge in [-0.05, 0) is 66.7 Å². The van der Waals surface area contributed by atoms with Crippen LogP contribution in [0.4, 0.5) is 5.69 Å². The van der Waals surface area contributed by atoms with E-state index in [1.807, 2.05) is 43.3 Å². The monoisotopic (exact) mass is 402 g/mol. The largest absolute Gasteiger partial charge is 0.497 e. The lowest BCUT2D eigenvalue weighted by Crippen LogP contribution is -2.28. The summed E-state index contributed by atoms with van der Waals surface area (Å²) in [4.78, 5) is 19.6. The summed E-state index contributed by atoms with van der Waals surface area (Å²) in [6.45, 7) is 2.47. The Morgan fingerprint density at radius 1 is 1.15 bits per heavy atom. The van der Waals surface area contributed by atoms with Crippen molar-refractivity contribution in [1.29, 1.82) is 0 Å². The third kappa shape index (κ3) is 4.28. The molecule has 0 unspecified atom stereocenters. The fourth-order valence-corrected chi connectivity index (χ4v) is 3.89. The Labute approximate surface area is 167 Å². The van der Waals surface area contributed by atoms with Crippen molar-refractivity contribution >= 4 is 46.2 Å². The smallest absolute Gasteiger partial charge is 0.266 e. The average Bonchev–Trinajstić information content (AvgIpc) is 2.96. The minimum Gasteiger partial charge on any atom is -0.497 e. The second-order valence-electron chi connectivity index (χ2n) is 5.65. The van der Waals surface area contributed by atoms with Crippen LogP contribution in [-0.2, 0) is 4.79 Å². The SMILES string of the molecule is CCN1C(=O)/C(=C\c2ccc(OC)c(Cl)c2)SC1=Nc1ccc(OC)cc1. The van der Waals surface area contributed by atoms with Gasteiger partial charge in [0.05, 0.1) is 29.8 Å². The number of aliphatic imine (C=N–C) groups is 1. The van der Waals surface area contributed by atoms with Crippen molar-refractivity contribution in [2.24, 2.45) is 4.99 Å². The van der Waals surface area contributed by atoms with Crippen LogP contribution in [0.15, 0.2) is 52.4 Å². The first-order valence-electron chi connectivity index (χ1n) is 8.33. The number of halogens is 1. The molecule has 1 aliphatic rings. The Morgan fingerprint density at radius 2 is 1.89 bits per heavy atom. The summed E-state index contributed by atoms with van der Waals surface area (Å²) in [5.74, 6) is 1.29. The molecule has 1 aliphatic heterocycles. The van der Waals surface area contributed by atoms with E-state index in [9.17, 15) is 4.79 Å². The number of nitrogens with zero attached hydrogens (tertiary/aromatic N) is 2. The van der Waals surface area contributed by atoms with Gasteiger partial charge in [-0.2, -0.15) is 0 Å². The third-order valence-corrected chi connectivity index (χ3v) is 5.28. The van der Waals surface area contributed by atoms with Crippen LogP contribution in [0, 0.1) is 0 Å². The van der Waals surface area contributed by atoms with Gasteiger partial charge in [-0.1, -0.05) is 17.7 Å². The summed E-state index contributed by atoms with van der Waals surface area (Å²) < 4.78 is 10.3. The van der Waals surface area contributed by atoms with E-state index in [2.05, 4.69) is 4.99 Å². The van der Waals surface area contributed by atoms with E-state index in [1.165, 1.54) is 11.8 Å². The Hall–Kier alpha value is -2.44. The van der Waals surface area contributed by atoms with E-state index < -0.39 is 0 Å². The molecule has 0 N–H and O–H groups in total. The third-order valence-electron chi connectivity index (χ3n) is 3.98. The van der Waals surface area contributed by atoms with E-state index in [1.54, 1.807) is 31.3 Å². The Bertz CT molecular complexity index is 910. The summed E-state index contributed by atoms with van der Waals surface area (Å²) in [5.41, 5.74) is 1.59. The number of thioether (sulfide) groups is 1. The lowest BCUT2D eigenvalue weighted by atomic mass is 10.2. The number of benzene rings is 2. The Balaban J connectivity index is 1.89. The van der Waals surface area contributed by atoms with Crippen LogP contribution in [0.3, 0.4) is 0 Å². The number of ether oxygens (including phenoxy) is 2. The van der Waals surface area contributed by atoms with Gasteiger partial charge in [0.1, 0.15) is 11.5 Å². The molecule has 0 spiro atoms. The van der Waals surface area contributed by atoms with E-state index in [0.29, 0.717) is 27.4 Å². The first-order chi connectivity index (χ1) is 13.0. The van der Waals surface area contributed by atoms with Crippen molar-refractivity contribution in [3.8, 4) is 11.5 Å². The molecular weight excluding hydrogens is 384 g/mol. The van der Waals surface area contributed by atoms with E-state index >= 15 is 0 Å². The summed E-state index contributed by atoms with van der Waals surface area (Å²) in [6, 6.07) is 12.8. The zero-order valence-electron chi connectivity index (χ0n) is 15.2. The summed E-state index contributed by atoms with van der Waals surface area (Å²) in [5, 5.41) is 1.15. The van der Waals surface area contributed by atoms with Gasteiger partial charge in [-0.25, -0.2) is 4.99 Å². The van der Waals surface area contributed by atoms with Crippen molar-refractivity contribution < 1.29 is 14.3 Å². The van der Waals surface area contributed by atoms with Gasteiger partial charge < -0.3 is 9.47 Å². The Morgan fingerprint density at radius 3 is 2.48 bits per heavy atom. The highest BCUT2D eigenvalue weighted by molar-refractivity contribution is 8.18. The number of likely N-dealkylation sites (N-methyl/N-ethyl adjacent to an activating group) is 1. The number of hydrogen-bond acceptors (Lipinski definition) is 5. The molecule has 0 aromatic heterocycles. The lowest BCUT2D eigenvalue weighted by molar-refractivity contribution is -0.122. The molecule has 1 heterocycles. The van der Waals surface area contributed by atoms with Gasteiger partial charge in [0.25, 0.3) is 5.91 Å². The molecule has 0 radical (unpaired) electrons. The van der Waals surface area contributed by atoms with Crippen molar-refractivity contribution in [3.63, 3.8) is 0 Å². The normalized spacial score (nSPS) is 17.0. The maximum atomic E-state index is 12.7. The van der Waals surface area contributed by atoms with Gasteiger partial charge in [-0.15, -0.1) is 0 Å². The van der Waals surface area contributed by atoms with E-state index in [4.69, 9.17) is 21.1 Å². The molecule has 3 rings (SSSR count). The van der Waals surface area contributed by atoms with Gasteiger partial charge in [-0.3, -0.25) is 9.69 Å². The molecule has 1 fully saturated rings. The van der Waals surface area contributed by atoms with E-state index in [-0.39, 0.29) is 5.91 Å². The number of hydrogen-bond donors (Lipinski definition) is 0. The molecule has 7 heteroatoms. The predicted molar refractivity (Wildman–Crippen MR) is 111 cm³/mol. The standard InChI is InChI=1S/C20H19ClN2O3S/c1-4-23-19(24)18(12-13-5-10-17(26-3)16(21)11-13)27-20(23)22-14-6-8-15(25-2)9-7-14/h5-12H,4H2,1-3H3/b18-12+,22-20?. The highest BCUT2D eigenvalue weighted by Crippen LogP contribution is 2.35. The molecule has 140 valence electrons. The molecule has 0 atom stereocenters. The lowest BCUT2D eigenvalue weighted by Gasteiger charge is -2.12. The second-order valence-corrected chi connectivity index (χ2v) is 7.06. The molecule has 5 nitrogen and oxygen atoms in total. The van der Waals surface area contributed by atoms with Gasteiger partial charge in [0.15, 0.2) is 5.17 Å². The van der Waals surface area contributed by atoms with Crippen LogP contribution in [-0.4, -0.2) is 36.7 Å². The minimum atomic E-state index is -0.0679. The van der Waals surface area contributed by atoms with Crippen LogP contribution in [0.2, 0.25) is 5.02 Å². The molecule has 2 aromatic rings. The van der Waals surface area contributed by atoms with E-state index in [0.717, 1.165) is 17.0 Å². The fraction of sp³-hybridized carbons (Fsp3) is 0.200. The highest BCUT2D eigenvalue weighted by atomic mass is 35.5. The number of carbonyl (C=O) groups excluding carboxylic acids is 1. The molecule has 2 aromatic carbocycles. The zero-order valence-corrected chi connectivity index (χ0v) is 16.8. The zero-order chi connectivity index (χ0) is 19.4.